The van der Waals surface area contributed by atoms with E-state index >= 15 is 0 Å². The molecule has 4 heteroatoms. The van der Waals surface area contributed by atoms with Crippen molar-refractivity contribution < 1.29 is 0 Å². The third kappa shape index (κ3) is 1.36. The Kier molecular flexibility index (Phi) is 2.30. The van der Waals surface area contributed by atoms with Crippen LogP contribution in [-0.2, 0) is 5.88 Å². The molecule has 0 aliphatic rings. The minimum atomic E-state index is 0.518. The van der Waals surface area contributed by atoms with Crippen molar-refractivity contribution >= 4 is 27.9 Å². The monoisotopic (exact) mass is 214 g/mol. The summed E-state index contributed by atoms with van der Waals surface area (Å²) in [5.41, 5.74) is 2.38. The molecule has 0 saturated heterocycles. The molecule has 0 saturated carbocycles. The van der Waals surface area contributed by atoms with Gasteiger partial charge in [0.15, 0.2) is 4.96 Å². The van der Waals surface area contributed by atoms with Gasteiger partial charge in [-0.15, -0.1) is 22.9 Å². The number of hydrogen-bond donors (Lipinski definition) is 0. The molecule has 0 bridgehead atoms. The fourth-order valence-corrected chi connectivity index (χ4v) is 2.62. The smallest absolute Gasteiger partial charge is 0.194 e. The lowest BCUT2D eigenvalue weighted by atomic mass is 10.1. The molecular formula is C9H11ClN2S. The lowest BCUT2D eigenvalue weighted by molar-refractivity contribution is 0.801. The summed E-state index contributed by atoms with van der Waals surface area (Å²) in [6, 6.07) is 0. The number of fused-ring (bicyclic) bond motifs is 1. The molecule has 0 aliphatic heterocycles. The number of alkyl halides is 1. The van der Waals surface area contributed by atoms with E-state index in [2.05, 4.69) is 28.6 Å². The van der Waals surface area contributed by atoms with Crippen LogP contribution in [0, 0.1) is 0 Å². The van der Waals surface area contributed by atoms with Crippen LogP contribution in [-0.4, -0.2) is 9.38 Å². The van der Waals surface area contributed by atoms with Gasteiger partial charge in [0.05, 0.1) is 17.8 Å². The van der Waals surface area contributed by atoms with E-state index in [0.717, 1.165) is 10.7 Å². The molecule has 2 nitrogen and oxygen atoms in total. The molecule has 0 aromatic carbocycles. The normalized spacial score (nSPS) is 11.7. The fourth-order valence-electron chi connectivity index (χ4n) is 1.38. The zero-order chi connectivity index (χ0) is 9.42. The molecule has 13 heavy (non-hydrogen) atoms. The maximum absolute atomic E-state index is 5.82. The van der Waals surface area contributed by atoms with Crippen LogP contribution < -0.4 is 0 Å². The molecule has 0 radical (unpaired) electrons. The first-order valence-corrected chi connectivity index (χ1v) is 5.65. The number of rotatable bonds is 2. The predicted octanol–water partition coefficient (Wildman–Crippen LogP) is 3.26. The number of halogens is 1. The van der Waals surface area contributed by atoms with E-state index in [1.54, 1.807) is 11.3 Å². The number of nitrogens with zero attached hydrogens (tertiary/aromatic N) is 2. The number of imidazole rings is 1. The molecule has 2 aromatic heterocycles. The van der Waals surface area contributed by atoms with Gasteiger partial charge in [-0.25, -0.2) is 4.98 Å². The molecule has 0 amide bonds. The molecule has 0 atom stereocenters. The molecule has 70 valence electrons. The van der Waals surface area contributed by atoms with Gasteiger partial charge < -0.3 is 0 Å². The van der Waals surface area contributed by atoms with Crippen molar-refractivity contribution in [1.82, 2.24) is 9.38 Å². The topological polar surface area (TPSA) is 17.3 Å². The van der Waals surface area contributed by atoms with E-state index in [1.165, 1.54) is 5.69 Å². The van der Waals surface area contributed by atoms with Crippen molar-refractivity contribution in [3.8, 4) is 0 Å². The largest absolute Gasteiger partial charge is 0.290 e. The molecular weight excluding hydrogens is 204 g/mol. The molecule has 2 rings (SSSR count). The van der Waals surface area contributed by atoms with Gasteiger partial charge in [0.1, 0.15) is 0 Å². The number of hydrogen-bond acceptors (Lipinski definition) is 2. The first kappa shape index (κ1) is 9.03. The number of thiazole rings is 1. The fraction of sp³-hybridized carbons (Fsp3) is 0.444. The van der Waals surface area contributed by atoms with E-state index in [9.17, 15) is 0 Å². The summed E-state index contributed by atoms with van der Waals surface area (Å²) in [4.78, 5) is 5.33. The minimum Gasteiger partial charge on any atom is -0.290 e. The van der Waals surface area contributed by atoms with Gasteiger partial charge in [0.25, 0.3) is 0 Å². The maximum Gasteiger partial charge on any atom is 0.194 e. The van der Waals surface area contributed by atoms with Crippen molar-refractivity contribution in [2.45, 2.75) is 25.6 Å². The van der Waals surface area contributed by atoms with Crippen LogP contribution in [0.25, 0.3) is 4.96 Å². The van der Waals surface area contributed by atoms with Gasteiger partial charge in [-0.3, -0.25) is 4.40 Å². The van der Waals surface area contributed by atoms with Gasteiger partial charge in [-0.05, 0) is 5.92 Å². The van der Waals surface area contributed by atoms with Crippen molar-refractivity contribution in [3.05, 3.63) is 23.0 Å². The van der Waals surface area contributed by atoms with E-state index in [1.807, 2.05) is 6.20 Å². The molecule has 0 fully saturated rings. The SMILES string of the molecule is CC(C)c1csc2ncc(CCl)n12. The van der Waals surface area contributed by atoms with Crippen LogP contribution in [0.3, 0.4) is 0 Å². The summed E-state index contributed by atoms with van der Waals surface area (Å²) in [7, 11) is 0. The molecule has 0 N–H and O–H groups in total. The molecule has 0 aliphatic carbocycles. The Bertz CT molecular complexity index is 416. The van der Waals surface area contributed by atoms with Crippen LogP contribution in [0.15, 0.2) is 11.6 Å². The summed E-state index contributed by atoms with van der Waals surface area (Å²) in [6.07, 6.45) is 1.85. The average molecular weight is 215 g/mol. The van der Waals surface area contributed by atoms with Crippen LogP contribution in [0.1, 0.15) is 31.2 Å². The second kappa shape index (κ2) is 3.31. The Balaban J connectivity index is 2.68. The Morgan fingerprint density at radius 3 is 3.00 bits per heavy atom. The average Bonchev–Trinajstić information content (AvgIpc) is 2.61. The lowest BCUT2D eigenvalue weighted by Gasteiger charge is -2.04. The van der Waals surface area contributed by atoms with Gasteiger partial charge in [-0.1, -0.05) is 13.8 Å². The van der Waals surface area contributed by atoms with Crippen molar-refractivity contribution in [1.29, 1.82) is 0 Å². The minimum absolute atomic E-state index is 0.518. The Labute approximate surface area is 86.2 Å². The summed E-state index contributed by atoms with van der Waals surface area (Å²) < 4.78 is 2.16. The highest BCUT2D eigenvalue weighted by atomic mass is 35.5. The molecule has 0 spiro atoms. The molecule has 2 heterocycles. The zero-order valence-corrected chi connectivity index (χ0v) is 9.19. The quantitative estimate of drug-likeness (QED) is 0.702. The Morgan fingerprint density at radius 2 is 2.38 bits per heavy atom. The van der Waals surface area contributed by atoms with E-state index in [-0.39, 0.29) is 0 Å². The van der Waals surface area contributed by atoms with E-state index in [4.69, 9.17) is 11.6 Å². The molecule has 2 aromatic rings. The summed E-state index contributed by atoms with van der Waals surface area (Å²) in [5, 5.41) is 2.16. The Hall–Kier alpha value is -0.540. The maximum atomic E-state index is 5.82. The predicted molar refractivity (Wildman–Crippen MR) is 56.7 cm³/mol. The Morgan fingerprint density at radius 1 is 1.62 bits per heavy atom. The van der Waals surface area contributed by atoms with Crippen LogP contribution >= 0.6 is 22.9 Å². The highest BCUT2D eigenvalue weighted by molar-refractivity contribution is 7.15. The first-order chi connectivity index (χ1) is 6.24. The van der Waals surface area contributed by atoms with Gasteiger partial charge in [-0.2, -0.15) is 0 Å². The third-order valence-electron chi connectivity index (χ3n) is 2.07. The standard InChI is InChI=1S/C9H11ClN2S/c1-6(2)8-5-13-9-11-4-7(3-10)12(8)9/h4-6H,3H2,1-2H3. The van der Waals surface area contributed by atoms with Crippen molar-refractivity contribution in [2.75, 3.05) is 0 Å². The second-order valence-corrected chi connectivity index (χ2v) is 4.42. The number of aromatic nitrogens is 2. The first-order valence-electron chi connectivity index (χ1n) is 4.23. The summed E-state index contributed by atoms with van der Waals surface area (Å²) in [6.45, 7) is 4.36. The highest BCUT2D eigenvalue weighted by Crippen LogP contribution is 2.24. The van der Waals surface area contributed by atoms with Crippen LogP contribution in [0.4, 0.5) is 0 Å². The summed E-state index contributed by atoms with van der Waals surface area (Å²) in [5.74, 6) is 1.04. The zero-order valence-electron chi connectivity index (χ0n) is 7.62. The highest BCUT2D eigenvalue weighted by Gasteiger charge is 2.11. The van der Waals surface area contributed by atoms with Crippen LogP contribution in [0.5, 0.6) is 0 Å². The second-order valence-electron chi connectivity index (χ2n) is 3.32. The molecule has 0 unspecified atom stereocenters. The van der Waals surface area contributed by atoms with E-state index in [0.29, 0.717) is 11.8 Å². The van der Waals surface area contributed by atoms with E-state index < -0.39 is 0 Å². The lowest BCUT2D eigenvalue weighted by Crippen LogP contribution is -1.96. The summed E-state index contributed by atoms with van der Waals surface area (Å²) >= 11 is 7.50. The van der Waals surface area contributed by atoms with Crippen LogP contribution in [0.2, 0.25) is 0 Å². The van der Waals surface area contributed by atoms with Gasteiger partial charge >= 0.3 is 0 Å². The van der Waals surface area contributed by atoms with Crippen molar-refractivity contribution in [3.63, 3.8) is 0 Å². The van der Waals surface area contributed by atoms with Crippen molar-refractivity contribution in [2.24, 2.45) is 0 Å². The van der Waals surface area contributed by atoms with Gasteiger partial charge in [0, 0.05) is 11.1 Å². The third-order valence-corrected chi connectivity index (χ3v) is 3.21. The van der Waals surface area contributed by atoms with Gasteiger partial charge in [0.2, 0.25) is 0 Å².